The number of halogens is 2. The third-order valence-corrected chi connectivity index (χ3v) is 4.26. The predicted molar refractivity (Wildman–Crippen MR) is 89.3 cm³/mol. The molecular weight excluding hydrogens is 370 g/mol. The predicted octanol–water partition coefficient (Wildman–Crippen LogP) is 5.04. The molecule has 0 aliphatic heterocycles. The van der Waals surface area contributed by atoms with Gasteiger partial charge in [0.05, 0.1) is 0 Å². The molecule has 4 heteroatoms. The molecule has 0 spiro atoms. The van der Waals surface area contributed by atoms with Crippen molar-refractivity contribution in [3.05, 3.63) is 32.7 Å². The van der Waals surface area contributed by atoms with Gasteiger partial charge in [0.25, 0.3) is 5.56 Å². The lowest BCUT2D eigenvalue weighted by Crippen LogP contribution is -2.21. The minimum atomic E-state index is 0.139. The minimum absolute atomic E-state index is 0.139. The first kappa shape index (κ1) is 17.0. The Morgan fingerprint density at radius 1 is 1.05 bits per heavy atom. The lowest BCUT2D eigenvalue weighted by molar-refractivity contribution is 0.542. The fourth-order valence-electron chi connectivity index (χ4n) is 2.17. The molecule has 0 saturated carbocycles. The second-order valence-corrected chi connectivity index (χ2v) is 6.71. The summed E-state index contributed by atoms with van der Waals surface area (Å²) in [4.78, 5) is 11.9. The summed E-state index contributed by atoms with van der Waals surface area (Å²) < 4.78 is 2.81. The summed E-state index contributed by atoms with van der Waals surface area (Å²) >= 11 is 6.89. The molecule has 0 radical (unpaired) electrons. The van der Waals surface area contributed by atoms with E-state index in [0.29, 0.717) is 0 Å². The number of nitrogens with zero attached hydrogens (tertiary/aromatic N) is 1. The van der Waals surface area contributed by atoms with Crippen LogP contribution in [0.4, 0.5) is 0 Å². The number of unbranched alkanes of at least 4 members (excludes halogenated alkanes) is 6. The van der Waals surface area contributed by atoms with Gasteiger partial charge in [-0.05, 0) is 41.8 Å². The highest BCUT2D eigenvalue weighted by molar-refractivity contribution is 9.10. The Morgan fingerprint density at radius 2 is 1.63 bits per heavy atom. The Morgan fingerprint density at radius 3 is 2.26 bits per heavy atom. The van der Waals surface area contributed by atoms with Crippen LogP contribution >= 0.6 is 31.9 Å². The molecule has 0 aromatic carbocycles. The van der Waals surface area contributed by atoms with Gasteiger partial charge < -0.3 is 4.57 Å². The van der Waals surface area contributed by atoms with E-state index in [1.54, 1.807) is 0 Å². The molecule has 0 fully saturated rings. The van der Waals surface area contributed by atoms with Crippen LogP contribution in [-0.4, -0.2) is 9.90 Å². The zero-order chi connectivity index (χ0) is 14.1. The van der Waals surface area contributed by atoms with E-state index < -0.39 is 0 Å². The number of aromatic nitrogens is 1. The number of hydrogen-bond donors (Lipinski definition) is 0. The van der Waals surface area contributed by atoms with Gasteiger partial charge in [0, 0.05) is 28.1 Å². The molecule has 0 aliphatic rings. The van der Waals surface area contributed by atoms with Crippen molar-refractivity contribution < 1.29 is 0 Å². The standard InChI is InChI=1S/C15H23Br2NO/c1-13-11-14(17)12-18(15(13)19)10-8-6-4-2-3-5-7-9-16/h11-12H,2-10H2,1H3. The van der Waals surface area contributed by atoms with Gasteiger partial charge in [-0.2, -0.15) is 0 Å². The summed E-state index contributed by atoms with van der Waals surface area (Å²) in [5.41, 5.74) is 0.949. The summed E-state index contributed by atoms with van der Waals surface area (Å²) in [6, 6.07) is 1.88. The van der Waals surface area contributed by atoms with Gasteiger partial charge in [-0.1, -0.05) is 48.0 Å². The van der Waals surface area contributed by atoms with Crippen LogP contribution in [0.2, 0.25) is 0 Å². The van der Waals surface area contributed by atoms with Gasteiger partial charge in [0.1, 0.15) is 0 Å². The lowest BCUT2D eigenvalue weighted by atomic mass is 10.1. The van der Waals surface area contributed by atoms with Gasteiger partial charge in [-0.25, -0.2) is 0 Å². The van der Waals surface area contributed by atoms with Gasteiger partial charge in [0.2, 0.25) is 0 Å². The topological polar surface area (TPSA) is 22.0 Å². The van der Waals surface area contributed by atoms with E-state index in [4.69, 9.17) is 0 Å². The van der Waals surface area contributed by atoms with Gasteiger partial charge in [0.15, 0.2) is 0 Å². The number of alkyl halides is 1. The van der Waals surface area contributed by atoms with E-state index in [-0.39, 0.29) is 5.56 Å². The normalized spacial score (nSPS) is 10.9. The van der Waals surface area contributed by atoms with Gasteiger partial charge in [-0.3, -0.25) is 4.79 Å². The lowest BCUT2D eigenvalue weighted by Gasteiger charge is -2.07. The maximum Gasteiger partial charge on any atom is 0.253 e. The van der Waals surface area contributed by atoms with Crippen molar-refractivity contribution in [3.8, 4) is 0 Å². The van der Waals surface area contributed by atoms with Crippen molar-refractivity contribution in [2.24, 2.45) is 0 Å². The van der Waals surface area contributed by atoms with E-state index in [2.05, 4.69) is 31.9 Å². The van der Waals surface area contributed by atoms with Crippen molar-refractivity contribution in [2.75, 3.05) is 5.33 Å². The molecule has 1 aromatic heterocycles. The van der Waals surface area contributed by atoms with Crippen LogP contribution in [0.15, 0.2) is 21.5 Å². The SMILES string of the molecule is Cc1cc(Br)cn(CCCCCCCCCBr)c1=O. The molecule has 0 saturated heterocycles. The first-order valence-corrected chi connectivity index (χ1v) is 8.99. The third-order valence-electron chi connectivity index (χ3n) is 3.26. The van der Waals surface area contributed by atoms with E-state index in [9.17, 15) is 4.79 Å². The highest BCUT2D eigenvalue weighted by Gasteiger charge is 2.01. The molecule has 2 nitrogen and oxygen atoms in total. The minimum Gasteiger partial charge on any atom is -0.314 e. The monoisotopic (exact) mass is 391 g/mol. The molecule has 19 heavy (non-hydrogen) atoms. The zero-order valence-electron chi connectivity index (χ0n) is 11.6. The third kappa shape index (κ3) is 6.75. The molecule has 0 amide bonds. The summed E-state index contributed by atoms with van der Waals surface area (Å²) in [6.45, 7) is 2.70. The van der Waals surface area contributed by atoms with E-state index in [1.165, 1.54) is 38.5 Å². The van der Waals surface area contributed by atoms with E-state index in [0.717, 1.165) is 28.3 Å². The Bertz CT molecular complexity index is 429. The molecule has 1 aromatic rings. The largest absolute Gasteiger partial charge is 0.314 e. The average Bonchev–Trinajstić information content (AvgIpc) is 2.38. The smallest absolute Gasteiger partial charge is 0.253 e. The number of hydrogen-bond acceptors (Lipinski definition) is 1. The second-order valence-electron chi connectivity index (χ2n) is 5.00. The second kappa shape index (κ2) is 9.76. The first-order valence-electron chi connectivity index (χ1n) is 7.07. The molecule has 108 valence electrons. The van der Waals surface area contributed by atoms with Crippen LogP contribution in [0.25, 0.3) is 0 Å². The quantitative estimate of drug-likeness (QED) is 0.426. The van der Waals surface area contributed by atoms with Gasteiger partial charge in [-0.15, -0.1) is 0 Å². The summed E-state index contributed by atoms with van der Waals surface area (Å²) in [6.07, 6.45) is 10.7. The first-order chi connectivity index (χ1) is 9.15. The van der Waals surface area contributed by atoms with Crippen molar-refractivity contribution in [1.82, 2.24) is 4.57 Å². The van der Waals surface area contributed by atoms with Crippen LogP contribution in [0.3, 0.4) is 0 Å². The summed E-state index contributed by atoms with van der Waals surface area (Å²) in [7, 11) is 0. The Balaban J connectivity index is 2.21. The fourth-order valence-corrected chi connectivity index (χ4v) is 3.15. The highest BCUT2D eigenvalue weighted by atomic mass is 79.9. The van der Waals surface area contributed by atoms with Crippen LogP contribution < -0.4 is 5.56 Å². The summed E-state index contributed by atoms with van der Waals surface area (Å²) in [5.74, 6) is 0. The maximum atomic E-state index is 11.9. The number of rotatable bonds is 9. The number of pyridine rings is 1. The molecule has 0 aliphatic carbocycles. The van der Waals surface area contributed by atoms with Crippen molar-refractivity contribution in [2.45, 2.75) is 58.4 Å². The Hall–Kier alpha value is -0.0900. The van der Waals surface area contributed by atoms with Crippen molar-refractivity contribution in [1.29, 1.82) is 0 Å². The van der Waals surface area contributed by atoms with E-state index >= 15 is 0 Å². The molecule has 1 rings (SSSR count). The fraction of sp³-hybridized carbons (Fsp3) is 0.667. The molecule has 0 unspecified atom stereocenters. The average molecular weight is 393 g/mol. The van der Waals surface area contributed by atoms with Crippen LogP contribution in [0.5, 0.6) is 0 Å². The Labute approximate surface area is 132 Å². The Kier molecular flexibility index (Phi) is 8.71. The van der Waals surface area contributed by atoms with E-state index in [1.807, 2.05) is 23.8 Å². The van der Waals surface area contributed by atoms with Crippen LogP contribution in [0.1, 0.15) is 50.5 Å². The highest BCUT2D eigenvalue weighted by Crippen LogP contribution is 2.11. The van der Waals surface area contributed by atoms with Crippen molar-refractivity contribution in [3.63, 3.8) is 0 Å². The maximum absolute atomic E-state index is 11.9. The van der Waals surface area contributed by atoms with Crippen LogP contribution in [-0.2, 0) is 6.54 Å². The molecule has 0 N–H and O–H groups in total. The molecule has 0 bridgehead atoms. The summed E-state index contributed by atoms with van der Waals surface area (Å²) in [5, 5.41) is 1.12. The zero-order valence-corrected chi connectivity index (χ0v) is 14.8. The molecule has 0 atom stereocenters. The number of aryl methyl sites for hydroxylation is 2. The van der Waals surface area contributed by atoms with Crippen LogP contribution in [0, 0.1) is 6.92 Å². The van der Waals surface area contributed by atoms with Gasteiger partial charge >= 0.3 is 0 Å². The molecular formula is C15H23Br2NO. The molecule has 1 heterocycles. The van der Waals surface area contributed by atoms with Crippen molar-refractivity contribution >= 4 is 31.9 Å².